The fourth-order valence-electron chi connectivity index (χ4n) is 3.58. The second kappa shape index (κ2) is 6.70. The Hall–Kier alpha value is -1.86. The molecule has 26 heavy (non-hydrogen) atoms. The van der Waals surface area contributed by atoms with Gasteiger partial charge in [-0.2, -0.15) is 0 Å². The van der Waals surface area contributed by atoms with E-state index in [1.807, 2.05) is 5.38 Å². The summed E-state index contributed by atoms with van der Waals surface area (Å²) in [7, 11) is 0. The first-order valence-corrected chi connectivity index (χ1v) is 10.7. The molecule has 5 nitrogen and oxygen atoms in total. The third-order valence-corrected chi connectivity index (χ3v) is 7.40. The number of hydrogen-bond acceptors (Lipinski definition) is 5. The number of hydrogen-bond donors (Lipinski definition) is 1. The summed E-state index contributed by atoms with van der Waals surface area (Å²) in [5.41, 5.74) is 3.18. The molecule has 2 fully saturated rings. The topological polar surface area (TPSA) is 62.3 Å². The number of anilines is 1. The summed E-state index contributed by atoms with van der Waals surface area (Å²) in [6.07, 6.45) is 2.35. The van der Waals surface area contributed by atoms with E-state index in [2.05, 4.69) is 48.4 Å². The van der Waals surface area contributed by atoms with E-state index < -0.39 is 6.04 Å². The van der Waals surface area contributed by atoms with E-state index in [1.165, 1.54) is 16.9 Å². The highest BCUT2D eigenvalue weighted by molar-refractivity contribution is 8.01. The smallest absolute Gasteiger partial charge is 0.249 e. The second-order valence-corrected chi connectivity index (χ2v) is 9.20. The van der Waals surface area contributed by atoms with Crippen LogP contribution in [-0.2, 0) is 16.0 Å². The zero-order chi connectivity index (χ0) is 18.3. The van der Waals surface area contributed by atoms with Gasteiger partial charge in [0, 0.05) is 23.1 Å². The minimum absolute atomic E-state index is 0.0773. The summed E-state index contributed by atoms with van der Waals surface area (Å²) in [5, 5.41) is 5.44. The van der Waals surface area contributed by atoms with Gasteiger partial charge in [-0.3, -0.25) is 9.59 Å². The number of nitrogens with one attached hydrogen (secondary N) is 1. The van der Waals surface area contributed by atoms with Gasteiger partial charge in [0.1, 0.15) is 6.04 Å². The number of carbonyl (C=O) groups is 2. The number of amides is 2. The predicted octanol–water partition coefficient (Wildman–Crippen LogP) is 3.77. The molecule has 2 atom stereocenters. The molecule has 1 N–H and O–H groups in total. The van der Waals surface area contributed by atoms with E-state index in [4.69, 9.17) is 0 Å². The van der Waals surface area contributed by atoms with Crippen molar-refractivity contribution in [1.29, 1.82) is 0 Å². The normalized spacial score (nSPS) is 24.8. The van der Waals surface area contributed by atoms with Gasteiger partial charge in [-0.15, -0.1) is 23.1 Å². The molecule has 2 aliphatic heterocycles. The van der Waals surface area contributed by atoms with E-state index in [0.717, 1.165) is 24.1 Å². The second-order valence-electron chi connectivity index (χ2n) is 6.84. The molecule has 2 saturated heterocycles. The zero-order valence-corrected chi connectivity index (χ0v) is 16.5. The van der Waals surface area contributed by atoms with Crippen molar-refractivity contribution >= 4 is 40.0 Å². The number of aryl methyl sites for hydroxylation is 1. The Morgan fingerprint density at radius 3 is 2.88 bits per heavy atom. The number of thiazole rings is 1. The number of carbonyl (C=O) groups excluding carboxylic acids is 2. The molecular formula is C19H21N3O2S2. The van der Waals surface area contributed by atoms with Crippen LogP contribution >= 0.6 is 23.1 Å². The summed E-state index contributed by atoms with van der Waals surface area (Å²) in [6, 6.07) is 7.91. The molecule has 2 aromatic rings. The number of fused-ring (bicyclic) bond motifs is 1. The van der Waals surface area contributed by atoms with Crippen LogP contribution in [-0.4, -0.2) is 38.4 Å². The summed E-state index contributed by atoms with van der Waals surface area (Å²) in [5.74, 6) is 0.581. The van der Waals surface area contributed by atoms with Gasteiger partial charge in [-0.25, -0.2) is 4.98 Å². The Morgan fingerprint density at radius 1 is 1.38 bits per heavy atom. The third kappa shape index (κ3) is 3.03. The number of thioether (sulfide) groups is 1. The first kappa shape index (κ1) is 17.5. The summed E-state index contributed by atoms with van der Waals surface area (Å²) < 4.78 is 0. The van der Waals surface area contributed by atoms with Crippen molar-refractivity contribution in [3.8, 4) is 11.3 Å². The predicted molar refractivity (Wildman–Crippen MR) is 106 cm³/mol. The van der Waals surface area contributed by atoms with Gasteiger partial charge in [-0.05, 0) is 25.3 Å². The maximum atomic E-state index is 12.7. The standard InChI is InChI=1S/C19H21N3O2S2/c1-3-12-4-6-13(7-5-12)14-10-25-18(20-14)21-17(24)15-11-26-19(2)9-8-16(23)22(15)19/h4-7,10,15H,3,8-9,11H2,1-2H3,(H,20,21,24)/t15-,19+/m1/s1. The van der Waals surface area contributed by atoms with Crippen molar-refractivity contribution in [2.75, 3.05) is 11.1 Å². The summed E-state index contributed by atoms with van der Waals surface area (Å²) in [6.45, 7) is 4.18. The van der Waals surface area contributed by atoms with E-state index >= 15 is 0 Å². The van der Waals surface area contributed by atoms with Gasteiger partial charge in [0.15, 0.2) is 5.13 Å². The quantitative estimate of drug-likeness (QED) is 0.868. The Morgan fingerprint density at radius 2 is 2.15 bits per heavy atom. The molecule has 0 radical (unpaired) electrons. The molecule has 1 aromatic carbocycles. The number of nitrogens with zero attached hydrogens (tertiary/aromatic N) is 2. The van der Waals surface area contributed by atoms with Crippen LogP contribution in [0.3, 0.4) is 0 Å². The Labute approximate surface area is 161 Å². The van der Waals surface area contributed by atoms with Crippen LogP contribution in [0.2, 0.25) is 0 Å². The minimum atomic E-state index is -0.406. The van der Waals surface area contributed by atoms with Crippen LogP contribution in [0, 0.1) is 0 Å². The molecule has 0 aliphatic carbocycles. The van der Waals surface area contributed by atoms with E-state index in [0.29, 0.717) is 17.3 Å². The van der Waals surface area contributed by atoms with Crippen molar-refractivity contribution < 1.29 is 9.59 Å². The first-order chi connectivity index (χ1) is 12.5. The molecule has 136 valence electrons. The monoisotopic (exact) mass is 387 g/mol. The molecule has 0 bridgehead atoms. The van der Waals surface area contributed by atoms with Crippen LogP contribution in [0.1, 0.15) is 32.3 Å². The maximum Gasteiger partial charge on any atom is 0.249 e. The summed E-state index contributed by atoms with van der Waals surface area (Å²) in [4.78, 5) is 31.0. The average Bonchev–Trinajstić information content (AvgIpc) is 3.31. The molecule has 2 amide bonds. The van der Waals surface area contributed by atoms with Crippen molar-refractivity contribution in [3.05, 3.63) is 35.2 Å². The molecule has 2 aliphatic rings. The van der Waals surface area contributed by atoms with E-state index in [1.54, 1.807) is 16.7 Å². The van der Waals surface area contributed by atoms with Gasteiger partial charge >= 0.3 is 0 Å². The van der Waals surface area contributed by atoms with Gasteiger partial charge in [0.25, 0.3) is 0 Å². The highest BCUT2D eigenvalue weighted by Gasteiger charge is 2.52. The van der Waals surface area contributed by atoms with Crippen molar-refractivity contribution in [3.63, 3.8) is 0 Å². The highest BCUT2D eigenvalue weighted by Crippen LogP contribution is 2.47. The molecular weight excluding hydrogens is 366 g/mol. The summed E-state index contributed by atoms with van der Waals surface area (Å²) >= 11 is 3.11. The van der Waals surface area contributed by atoms with Crippen molar-refractivity contribution in [2.45, 2.75) is 44.0 Å². The van der Waals surface area contributed by atoms with E-state index in [9.17, 15) is 9.59 Å². The van der Waals surface area contributed by atoms with Crippen molar-refractivity contribution in [2.24, 2.45) is 0 Å². The lowest BCUT2D eigenvalue weighted by Crippen LogP contribution is -2.48. The van der Waals surface area contributed by atoms with Crippen LogP contribution in [0.4, 0.5) is 5.13 Å². The lowest BCUT2D eigenvalue weighted by molar-refractivity contribution is -0.135. The molecule has 0 spiro atoms. The highest BCUT2D eigenvalue weighted by atomic mass is 32.2. The number of aromatic nitrogens is 1. The van der Waals surface area contributed by atoms with E-state index in [-0.39, 0.29) is 16.7 Å². The number of rotatable bonds is 4. The van der Waals surface area contributed by atoms with Gasteiger partial charge in [0.05, 0.1) is 10.6 Å². The Balaban J connectivity index is 1.47. The molecule has 0 saturated carbocycles. The molecule has 1 aromatic heterocycles. The third-order valence-electron chi connectivity index (χ3n) is 5.14. The van der Waals surface area contributed by atoms with Gasteiger partial charge in [-0.1, -0.05) is 31.2 Å². The molecule has 3 heterocycles. The minimum Gasteiger partial charge on any atom is -0.315 e. The maximum absolute atomic E-state index is 12.7. The Kier molecular flexibility index (Phi) is 4.52. The van der Waals surface area contributed by atoms with Gasteiger partial charge < -0.3 is 10.2 Å². The molecule has 4 rings (SSSR count). The van der Waals surface area contributed by atoms with Crippen LogP contribution in [0.15, 0.2) is 29.6 Å². The van der Waals surface area contributed by atoms with Crippen LogP contribution in [0.5, 0.6) is 0 Å². The first-order valence-electron chi connectivity index (χ1n) is 8.82. The van der Waals surface area contributed by atoms with Gasteiger partial charge in [0.2, 0.25) is 11.8 Å². The molecule has 0 unspecified atom stereocenters. The Bertz CT molecular complexity index is 849. The number of benzene rings is 1. The zero-order valence-electron chi connectivity index (χ0n) is 14.8. The largest absolute Gasteiger partial charge is 0.315 e. The van der Waals surface area contributed by atoms with Crippen LogP contribution < -0.4 is 5.32 Å². The SMILES string of the molecule is CCc1ccc(-c2csc(NC(=O)[C@H]3CS[C@@]4(C)CCC(=O)N34)n2)cc1. The fraction of sp³-hybridized carbons (Fsp3) is 0.421. The lowest BCUT2D eigenvalue weighted by Gasteiger charge is -2.29. The lowest BCUT2D eigenvalue weighted by atomic mass is 10.1. The van der Waals surface area contributed by atoms with Crippen molar-refractivity contribution in [1.82, 2.24) is 9.88 Å². The fourth-order valence-corrected chi connectivity index (χ4v) is 5.73. The molecule has 7 heteroatoms. The average molecular weight is 388 g/mol. The van der Waals surface area contributed by atoms with Crippen LogP contribution in [0.25, 0.3) is 11.3 Å².